The highest BCUT2D eigenvalue weighted by Gasteiger charge is 2.08. The van der Waals surface area contributed by atoms with Crippen LogP contribution in [0.2, 0.25) is 5.02 Å². The molecule has 0 unspecified atom stereocenters. The number of carbonyl (C=O) groups excluding carboxylic acids is 2. The second-order valence-electron chi connectivity index (χ2n) is 5.38. The highest BCUT2D eigenvalue weighted by molar-refractivity contribution is 7.80. The SMILES string of the molecule is COc1ccc(CC(=O)NC(=S)NNC(=O)Cc2ccc(Cl)cc2)cc1. The average Bonchev–Trinajstić information content (AvgIpc) is 2.62. The summed E-state index contributed by atoms with van der Waals surface area (Å²) >= 11 is 10.8. The van der Waals surface area contributed by atoms with Crippen LogP contribution in [0.5, 0.6) is 5.75 Å². The van der Waals surface area contributed by atoms with Crippen molar-refractivity contribution in [3.8, 4) is 5.75 Å². The minimum Gasteiger partial charge on any atom is -0.497 e. The van der Waals surface area contributed by atoms with Crippen LogP contribution in [-0.2, 0) is 22.4 Å². The standard InChI is InChI=1S/C18H18ClN3O3S/c1-25-15-8-4-13(5-9-15)10-16(23)20-18(26)22-21-17(24)11-12-2-6-14(19)7-3-12/h2-9H,10-11H2,1H3,(H,21,24)(H2,20,22,23,26). The predicted molar refractivity (Wildman–Crippen MR) is 104 cm³/mol. The molecule has 2 amide bonds. The number of rotatable bonds is 5. The Morgan fingerprint density at radius 1 is 0.923 bits per heavy atom. The highest BCUT2D eigenvalue weighted by Crippen LogP contribution is 2.11. The first-order valence-electron chi connectivity index (χ1n) is 7.72. The second kappa shape index (κ2) is 9.74. The van der Waals surface area contributed by atoms with Crippen LogP contribution < -0.4 is 20.9 Å². The zero-order valence-electron chi connectivity index (χ0n) is 14.0. The number of hydrogen-bond acceptors (Lipinski definition) is 4. The monoisotopic (exact) mass is 391 g/mol. The fourth-order valence-corrected chi connectivity index (χ4v) is 2.38. The third kappa shape index (κ3) is 6.70. The molecule has 0 spiro atoms. The van der Waals surface area contributed by atoms with Crippen LogP contribution in [0.3, 0.4) is 0 Å². The maximum absolute atomic E-state index is 11.9. The summed E-state index contributed by atoms with van der Waals surface area (Å²) < 4.78 is 5.06. The van der Waals surface area contributed by atoms with Gasteiger partial charge in [-0.3, -0.25) is 20.4 Å². The zero-order chi connectivity index (χ0) is 18.9. The van der Waals surface area contributed by atoms with Crippen LogP contribution >= 0.6 is 23.8 Å². The molecule has 0 aliphatic heterocycles. The Kier molecular flexibility index (Phi) is 7.37. The number of methoxy groups -OCH3 is 1. The Morgan fingerprint density at radius 3 is 2.04 bits per heavy atom. The van der Waals surface area contributed by atoms with Crippen LogP contribution in [0.4, 0.5) is 0 Å². The van der Waals surface area contributed by atoms with Gasteiger partial charge in [0.25, 0.3) is 0 Å². The predicted octanol–water partition coefficient (Wildman–Crippen LogP) is 2.16. The molecule has 0 saturated carbocycles. The third-order valence-corrected chi connectivity index (χ3v) is 3.83. The second-order valence-corrected chi connectivity index (χ2v) is 6.22. The normalized spacial score (nSPS) is 9.92. The molecule has 8 heteroatoms. The smallest absolute Gasteiger partial charge is 0.242 e. The van der Waals surface area contributed by atoms with E-state index in [1.54, 1.807) is 55.6 Å². The van der Waals surface area contributed by atoms with Crippen LogP contribution in [-0.4, -0.2) is 24.0 Å². The van der Waals surface area contributed by atoms with Gasteiger partial charge >= 0.3 is 0 Å². The van der Waals surface area contributed by atoms with Crippen molar-refractivity contribution in [3.05, 3.63) is 64.7 Å². The van der Waals surface area contributed by atoms with Gasteiger partial charge in [0.2, 0.25) is 11.8 Å². The van der Waals surface area contributed by atoms with Crippen molar-refractivity contribution in [3.63, 3.8) is 0 Å². The van der Waals surface area contributed by atoms with E-state index >= 15 is 0 Å². The number of thiocarbonyl (C=S) groups is 1. The van der Waals surface area contributed by atoms with Gasteiger partial charge in [-0.2, -0.15) is 0 Å². The van der Waals surface area contributed by atoms with E-state index in [0.29, 0.717) is 5.02 Å². The largest absolute Gasteiger partial charge is 0.497 e. The van der Waals surface area contributed by atoms with Crippen LogP contribution in [0.15, 0.2) is 48.5 Å². The lowest BCUT2D eigenvalue weighted by atomic mass is 10.1. The number of hydrazine groups is 1. The summed E-state index contributed by atoms with van der Waals surface area (Å²) in [6.45, 7) is 0. The van der Waals surface area contributed by atoms with E-state index < -0.39 is 0 Å². The summed E-state index contributed by atoms with van der Waals surface area (Å²) in [4.78, 5) is 23.8. The molecule has 0 fully saturated rings. The lowest BCUT2D eigenvalue weighted by Crippen LogP contribution is -2.49. The Balaban J connectivity index is 1.72. The Morgan fingerprint density at radius 2 is 1.46 bits per heavy atom. The third-order valence-electron chi connectivity index (χ3n) is 3.37. The van der Waals surface area contributed by atoms with Crippen molar-refractivity contribution in [2.45, 2.75) is 12.8 Å². The summed E-state index contributed by atoms with van der Waals surface area (Å²) in [7, 11) is 1.58. The van der Waals surface area contributed by atoms with Gasteiger partial charge in [-0.1, -0.05) is 35.9 Å². The van der Waals surface area contributed by atoms with E-state index in [2.05, 4.69) is 16.2 Å². The highest BCUT2D eigenvalue weighted by atomic mass is 35.5. The van der Waals surface area contributed by atoms with Gasteiger partial charge in [-0.25, -0.2) is 0 Å². The van der Waals surface area contributed by atoms with Gasteiger partial charge in [-0.15, -0.1) is 0 Å². The van der Waals surface area contributed by atoms with E-state index in [1.165, 1.54) is 0 Å². The first-order valence-corrected chi connectivity index (χ1v) is 8.51. The van der Waals surface area contributed by atoms with Gasteiger partial charge < -0.3 is 10.1 Å². The van der Waals surface area contributed by atoms with Gasteiger partial charge in [0, 0.05) is 5.02 Å². The molecule has 26 heavy (non-hydrogen) atoms. The molecule has 2 aromatic carbocycles. The number of benzene rings is 2. The van der Waals surface area contributed by atoms with Gasteiger partial charge in [-0.05, 0) is 47.6 Å². The molecule has 0 heterocycles. The summed E-state index contributed by atoms with van der Waals surface area (Å²) in [5.74, 6) is 0.133. The molecule has 0 aliphatic rings. The molecule has 0 saturated heterocycles. The summed E-state index contributed by atoms with van der Waals surface area (Å²) in [5.41, 5.74) is 6.56. The quantitative estimate of drug-likeness (QED) is 0.537. The minimum absolute atomic E-state index is 0.0213. The van der Waals surface area contributed by atoms with Gasteiger partial charge in [0.05, 0.1) is 20.0 Å². The molecule has 0 radical (unpaired) electrons. The molecule has 3 N–H and O–H groups in total. The van der Waals surface area contributed by atoms with Crippen LogP contribution in [0.1, 0.15) is 11.1 Å². The first-order chi connectivity index (χ1) is 12.5. The van der Waals surface area contributed by atoms with Crippen molar-refractivity contribution in [2.75, 3.05) is 7.11 Å². The number of hydrogen-bond donors (Lipinski definition) is 3. The Labute approximate surface area is 161 Å². The topological polar surface area (TPSA) is 79.5 Å². The Hall–Kier alpha value is -2.64. The van der Waals surface area contributed by atoms with Crippen molar-refractivity contribution < 1.29 is 14.3 Å². The van der Waals surface area contributed by atoms with Crippen molar-refractivity contribution in [1.82, 2.24) is 16.2 Å². The van der Waals surface area contributed by atoms with Crippen molar-refractivity contribution >= 4 is 40.7 Å². The summed E-state index contributed by atoms with van der Waals surface area (Å²) in [6.07, 6.45) is 0.317. The number of nitrogens with one attached hydrogen (secondary N) is 3. The summed E-state index contributed by atoms with van der Waals surface area (Å²) in [5, 5.41) is 3.13. The van der Waals surface area contributed by atoms with Gasteiger partial charge in [0.1, 0.15) is 5.75 Å². The molecule has 136 valence electrons. The molecule has 0 atom stereocenters. The maximum atomic E-state index is 11.9. The zero-order valence-corrected chi connectivity index (χ0v) is 15.6. The fraction of sp³-hybridized carbons (Fsp3) is 0.167. The fourth-order valence-electron chi connectivity index (χ4n) is 2.09. The van der Waals surface area contributed by atoms with E-state index in [1.807, 2.05) is 0 Å². The number of carbonyl (C=O) groups is 2. The molecule has 0 aromatic heterocycles. The molecule has 0 aliphatic carbocycles. The van der Waals surface area contributed by atoms with E-state index in [-0.39, 0.29) is 29.8 Å². The van der Waals surface area contributed by atoms with E-state index in [0.717, 1.165) is 16.9 Å². The van der Waals surface area contributed by atoms with Crippen molar-refractivity contribution in [1.29, 1.82) is 0 Å². The average molecular weight is 392 g/mol. The van der Waals surface area contributed by atoms with Crippen LogP contribution in [0.25, 0.3) is 0 Å². The molecular weight excluding hydrogens is 374 g/mol. The van der Waals surface area contributed by atoms with Crippen molar-refractivity contribution in [2.24, 2.45) is 0 Å². The Bertz CT molecular complexity index is 779. The minimum atomic E-state index is -0.293. The molecule has 6 nitrogen and oxygen atoms in total. The molecule has 0 bridgehead atoms. The first kappa shape index (κ1) is 19.7. The van der Waals surface area contributed by atoms with Gasteiger partial charge in [0.15, 0.2) is 5.11 Å². The number of ether oxygens (including phenoxy) is 1. The molecular formula is C18H18ClN3O3S. The van der Waals surface area contributed by atoms with E-state index in [4.69, 9.17) is 28.6 Å². The molecule has 2 aromatic rings. The van der Waals surface area contributed by atoms with E-state index in [9.17, 15) is 9.59 Å². The molecule has 2 rings (SSSR count). The number of halogens is 1. The lowest BCUT2D eigenvalue weighted by Gasteiger charge is -2.11. The lowest BCUT2D eigenvalue weighted by molar-refractivity contribution is -0.121. The maximum Gasteiger partial charge on any atom is 0.242 e. The summed E-state index contributed by atoms with van der Waals surface area (Å²) in [6, 6.07) is 14.1. The van der Waals surface area contributed by atoms with Crippen LogP contribution in [0, 0.1) is 0 Å². The number of amides is 2.